The maximum Gasteiger partial charge on any atom is 0.411 e. The molecule has 136 valence electrons. The fraction of sp³-hybridized carbons (Fsp3) is 0.389. The SMILES string of the molecule is CC(=O)N1c2ccc(-c3cnn(C4CNC4)c3)cc2N(C(=O)O)C[C@@H]1C. The van der Waals surface area contributed by atoms with Crippen LogP contribution in [0.15, 0.2) is 30.6 Å². The average molecular weight is 355 g/mol. The normalized spacial score (nSPS) is 19.8. The molecule has 2 aliphatic heterocycles. The number of anilines is 2. The number of carbonyl (C=O) groups is 2. The van der Waals surface area contributed by atoms with Gasteiger partial charge in [-0.3, -0.25) is 14.4 Å². The molecule has 4 rings (SSSR count). The van der Waals surface area contributed by atoms with Crippen LogP contribution in [-0.2, 0) is 4.79 Å². The van der Waals surface area contributed by atoms with Crippen LogP contribution in [0.1, 0.15) is 19.9 Å². The molecule has 8 heteroatoms. The third kappa shape index (κ3) is 2.62. The van der Waals surface area contributed by atoms with E-state index in [0.717, 1.165) is 24.2 Å². The maximum absolute atomic E-state index is 12.1. The molecule has 2 amide bonds. The van der Waals surface area contributed by atoms with Gasteiger partial charge in [0.25, 0.3) is 0 Å². The first kappa shape index (κ1) is 16.6. The highest BCUT2D eigenvalue weighted by Crippen LogP contribution is 2.39. The second kappa shape index (κ2) is 6.14. The van der Waals surface area contributed by atoms with Crippen LogP contribution in [-0.4, -0.2) is 52.6 Å². The highest BCUT2D eigenvalue weighted by molar-refractivity contribution is 6.02. The highest BCUT2D eigenvalue weighted by Gasteiger charge is 2.33. The van der Waals surface area contributed by atoms with Gasteiger partial charge in [0.2, 0.25) is 5.91 Å². The van der Waals surface area contributed by atoms with E-state index in [4.69, 9.17) is 0 Å². The lowest BCUT2D eigenvalue weighted by Crippen LogP contribution is -2.51. The van der Waals surface area contributed by atoms with E-state index < -0.39 is 6.09 Å². The van der Waals surface area contributed by atoms with Crippen molar-refractivity contribution in [2.45, 2.75) is 25.9 Å². The van der Waals surface area contributed by atoms with Crippen LogP contribution in [0.2, 0.25) is 0 Å². The number of benzene rings is 1. The molecule has 2 aromatic rings. The molecule has 1 fully saturated rings. The Morgan fingerprint density at radius 3 is 2.62 bits per heavy atom. The van der Waals surface area contributed by atoms with E-state index in [1.807, 2.05) is 36.0 Å². The number of fused-ring (bicyclic) bond motifs is 1. The van der Waals surface area contributed by atoms with Gasteiger partial charge in [-0.1, -0.05) is 6.07 Å². The molecule has 1 aromatic carbocycles. The molecule has 2 aliphatic rings. The number of hydrogen-bond acceptors (Lipinski definition) is 4. The van der Waals surface area contributed by atoms with Gasteiger partial charge in [0, 0.05) is 38.3 Å². The number of carbonyl (C=O) groups excluding carboxylic acids is 1. The Hall–Kier alpha value is -2.87. The molecule has 2 N–H and O–H groups in total. The van der Waals surface area contributed by atoms with Crippen molar-refractivity contribution < 1.29 is 14.7 Å². The van der Waals surface area contributed by atoms with Gasteiger partial charge < -0.3 is 15.3 Å². The molecule has 0 spiro atoms. The van der Waals surface area contributed by atoms with E-state index in [9.17, 15) is 14.7 Å². The van der Waals surface area contributed by atoms with Crippen molar-refractivity contribution in [3.05, 3.63) is 30.6 Å². The minimum absolute atomic E-state index is 0.0955. The fourth-order valence-corrected chi connectivity index (χ4v) is 3.61. The number of carboxylic acid groups (broad SMARTS) is 1. The predicted molar refractivity (Wildman–Crippen MR) is 97.6 cm³/mol. The van der Waals surface area contributed by atoms with Crippen molar-refractivity contribution in [1.29, 1.82) is 0 Å². The maximum atomic E-state index is 12.1. The summed E-state index contributed by atoms with van der Waals surface area (Å²) in [5.41, 5.74) is 2.96. The second-order valence-electron chi connectivity index (χ2n) is 6.86. The molecule has 0 radical (unpaired) electrons. The number of nitrogens with one attached hydrogen (secondary N) is 1. The quantitative estimate of drug-likeness (QED) is 0.859. The number of hydrogen-bond donors (Lipinski definition) is 2. The molecule has 0 saturated carbocycles. The van der Waals surface area contributed by atoms with Gasteiger partial charge >= 0.3 is 6.09 Å². The van der Waals surface area contributed by atoms with Crippen LogP contribution >= 0.6 is 0 Å². The lowest BCUT2D eigenvalue weighted by atomic mass is 10.0. The van der Waals surface area contributed by atoms with Crippen molar-refractivity contribution in [3.63, 3.8) is 0 Å². The third-order valence-corrected chi connectivity index (χ3v) is 5.05. The summed E-state index contributed by atoms with van der Waals surface area (Å²) in [7, 11) is 0. The standard InChI is InChI=1S/C18H21N5O3/c1-11-9-21(18(25)26)17-5-13(3-4-16(17)23(11)12(2)24)14-6-20-22(10-14)15-7-19-8-15/h3-6,10-11,15,19H,7-9H2,1-2H3,(H,25,26)/t11-/m0/s1. The molecular formula is C18H21N5O3. The number of nitrogens with zero attached hydrogens (tertiary/aromatic N) is 4. The monoisotopic (exact) mass is 355 g/mol. The summed E-state index contributed by atoms with van der Waals surface area (Å²) >= 11 is 0. The predicted octanol–water partition coefficient (Wildman–Crippen LogP) is 1.93. The molecule has 1 aromatic heterocycles. The average Bonchev–Trinajstić information content (AvgIpc) is 3.00. The fourth-order valence-electron chi connectivity index (χ4n) is 3.61. The summed E-state index contributed by atoms with van der Waals surface area (Å²) < 4.78 is 1.93. The van der Waals surface area contributed by atoms with Gasteiger partial charge in [-0.2, -0.15) is 5.10 Å². The zero-order valence-electron chi connectivity index (χ0n) is 14.7. The van der Waals surface area contributed by atoms with Crippen LogP contribution in [0.25, 0.3) is 11.1 Å². The lowest BCUT2D eigenvalue weighted by molar-refractivity contribution is -0.117. The Bertz CT molecular complexity index is 873. The summed E-state index contributed by atoms with van der Waals surface area (Å²) in [5, 5.41) is 17.2. The van der Waals surface area contributed by atoms with E-state index >= 15 is 0 Å². The Morgan fingerprint density at radius 2 is 2.00 bits per heavy atom. The van der Waals surface area contributed by atoms with Crippen LogP contribution in [0.3, 0.4) is 0 Å². The third-order valence-electron chi connectivity index (χ3n) is 5.05. The van der Waals surface area contributed by atoms with Gasteiger partial charge in [-0.15, -0.1) is 0 Å². The van der Waals surface area contributed by atoms with Gasteiger partial charge in [0.15, 0.2) is 0 Å². The Kier molecular flexibility index (Phi) is 3.91. The van der Waals surface area contributed by atoms with Gasteiger partial charge in [-0.05, 0) is 24.6 Å². The molecule has 1 atom stereocenters. The topological polar surface area (TPSA) is 90.7 Å². The van der Waals surface area contributed by atoms with Gasteiger partial charge in [0.1, 0.15) is 0 Å². The van der Waals surface area contributed by atoms with Crippen LogP contribution in [0.4, 0.5) is 16.2 Å². The summed E-state index contributed by atoms with van der Waals surface area (Å²) in [6.45, 7) is 5.41. The summed E-state index contributed by atoms with van der Waals surface area (Å²) in [6, 6.07) is 5.71. The van der Waals surface area contributed by atoms with E-state index in [1.54, 1.807) is 11.1 Å². The molecule has 0 aliphatic carbocycles. The minimum atomic E-state index is -1.02. The molecule has 0 bridgehead atoms. The Labute approximate surface area is 151 Å². The number of aromatic nitrogens is 2. The van der Waals surface area contributed by atoms with Crippen molar-refractivity contribution in [2.24, 2.45) is 0 Å². The van der Waals surface area contributed by atoms with Crippen molar-refractivity contribution in [1.82, 2.24) is 15.1 Å². The van der Waals surface area contributed by atoms with Crippen LogP contribution in [0, 0.1) is 0 Å². The lowest BCUT2D eigenvalue weighted by Gasteiger charge is -2.39. The number of rotatable bonds is 2. The van der Waals surface area contributed by atoms with E-state index in [2.05, 4.69) is 10.4 Å². The summed E-state index contributed by atoms with van der Waals surface area (Å²) in [4.78, 5) is 26.8. The van der Waals surface area contributed by atoms with Crippen molar-refractivity contribution in [3.8, 4) is 11.1 Å². The minimum Gasteiger partial charge on any atom is -0.465 e. The van der Waals surface area contributed by atoms with E-state index in [1.165, 1.54) is 11.8 Å². The van der Waals surface area contributed by atoms with Crippen molar-refractivity contribution in [2.75, 3.05) is 29.4 Å². The van der Waals surface area contributed by atoms with E-state index in [0.29, 0.717) is 17.4 Å². The van der Waals surface area contributed by atoms with E-state index in [-0.39, 0.29) is 18.5 Å². The van der Waals surface area contributed by atoms with Gasteiger partial charge in [-0.25, -0.2) is 4.79 Å². The van der Waals surface area contributed by atoms with Gasteiger partial charge in [0.05, 0.1) is 29.7 Å². The summed E-state index contributed by atoms with van der Waals surface area (Å²) in [5.74, 6) is -0.0955. The van der Waals surface area contributed by atoms with Crippen LogP contribution < -0.4 is 15.1 Å². The molecule has 3 heterocycles. The molecule has 0 unspecified atom stereocenters. The second-order valence-corrected chi connectivity index (χ2v) is 6.86. The molecule has 8 nitrogen and oxygen atoms in total. The zero-order chi connectivity index (χ0) is 18.4. The first-order valence-electron chi connectivity index (χ1n) is 8.65. The Balaban J connectivity index is 1.75. The van der Waals surface area contributed by atoms with Crippen LogP contribution in [0.5, 0.6) is 0 Å². The molecular weight excluding hydrogens is 334 g/mol. The number of amides is 2. The zero-order valence-corrected chi connectivity index (χ0v) is 14.7. The Morgan fingerprint density at radius 1 is 1.23 bits per heavy atom. The largest absolute Gasteiger partial charge is 0.465 e. The molecule has 26 heavy (non-hydrogen) atoms. The first-order chi connectivity index (χ1) is 12.5. The first-order valence-corrected chi connectivity index (χ1v) is 8.65. The smallest absolute Gasteiger partial charge is 0.411 e. The summed E-state index contributed by atoms with van der Waals surface area (Å²) in [6.07, 6.45) is 2.75. The van der Waals surface area contributed by atoms with Crippen molar-refractivity contribution >= 4 is 23.4 Å². The molecule has 1 saturated heterocycles. The highest BCUT2D eigenvalue weighted by atomic mass is 16.4.